The van der Waals surface area contributed by atoms with Crippen LogP contribution in [0.3, 0.4) is 0 Å². The van der Waals surface area contributed by atoms with Gasteiger partial charge in [0.2, 0.25) is 0 Å². The van der Waals surface area contributed by atoms with Crippen LogP contribution in [-0.4, -0.2) is 34.1 Å². The van der Waals surface area contributed by atoms with Crippen LogP contribution < -0.4 is 0 Å². The molecule has 2 aromatic rings. The highest BCUT2D eigenvalue weighted by molar-refractivity contribution is 7.85. The van der Waals surface area contributed by atoms with Gasteiger partial charge in [-0.1, -0.05) is 6.07 Å². The third-order valence-corrected chi connectivity index (χ3v) is 3.38. The van der Waals surface area contributed by atoms with E-state index in [0.717, 1.165) is 6.07 Å². The molecule has 7 nitrogen and oxygen atoms in total. The Morgan fingerprint density at radius 2 is 1.90 bits per heavy atom. The molecule has 104 valence electrons. The minimum absolute atomic E-state index is 0.0990. The fourth-order valence-electron chi connectivity index (χ4n) is 1.64. The van der Waals surface area contributed by atoms with E-state index in [9.17, 15) is 18.3 Å². The molecule has 0 unspecified atom stereocenters. The second-order valence-corrected chi connectivity index (χ2v) is 5.28. The van der Waals surface area contributed by atoms with Crippen molar-refractivity contribution in [3.63, 3.8) is 0 Å². The fraction of sp³-hybridized carbons (Fsp3) is 0. The first-order valence-corrected chi connectivity index (χ1v) is 6.74. The molecule has 3 N–H and O–H groups in total. The van der Waals surface area contributed by atoms with Crippen molar-refractivity contribution in [2.45, 2.75) is 4.90 Å². The standard InChI is InChI=1S/C12H9NO6S/c14-11-8(10-3-1-2-4-13-10)5-7(20(17,18)19)6-9(11)12(15)16/h1-6,14H,(H,15,16)(H,17,18,19). The summed E-state index contributed by atoms with van der Waals surface area (Å²) >= 11 is 0. The van der Waals surface area contributed by atoms with Gasteiger partial charge in [0.05, 0.1) is 10.6 Å². The molecule has 0 aliphatic carbocycles. The van der Waals surface area contributed by atoms with Gasteiger partial charge in [-0.2, -0.15) is 8.42 Å². The Labute approximate surface area is 113 Å². The van der Waals surface area contributed by atoms with Crippen LogP contribution in [0.1, 0.15) is 10.4 Å². The highest BCUT2D eigenvalue weighted by Crippen LogP contribution is 2.33. The first kappa shape index (κ1) is 14.0. The van der Waals surface area contributed by atoms with Gasteiger partial charge < -0.3 is 10.2 Å². The molecule has 0 aliphatic rings. The summed E-state index contributed by atoms with van der Waals surface area (Å²) in [4.78, 5) is 14.3. The van der Waals surface area contributed by atoms with E-state index in [4.69, 9.17) is 9.66 Å². The van der Waals surface area contributed by atoms with E-state index >= 15 is 0 Å². The number of aromatic hydroxyl groups is 1. The molecule has 2 rings (SSSR count). The lowest BCUT2D eigenvalue weighted by Crippen LogP contribution is -2.04. The molecule has 0 radical (unpaired) electrons. The number of hydrogen-bond donors (Lipinski definition) is 3. The van der Waals surface area contributed by atoms with E-state index < -0.39 is 32.3 Å². The number of carboxylic acid groups (broad SMARTS) is 1. The number of carboxylic acids is 1. The quantitative estimate of drug-likeness (QED) is 0.731. The number of hydrogen-bond acceptors (Lipinski definition) is 5. The summed E-state index contributed by atoms with van der Waals surface area (Å²) in [6.45, 7) is 0. The summed E-state index contributed by atoms with van der Waals surface area (Å²) in [5.41, 5.74) is -0.558. The monoisotopic (exact) mass is 295 g/mol. The van der Waals surface area contributed by atoms with Crippen molar-refractivity contribution in [2.24, 2.45) is 0 Å². The molecular formula is C12H9NO6S. The van der Waals surface area contributed by atoms with Gasteiger partial charge in [-0.15, -0.1) is 0 Å². The van der Waals surface area contributed by atoms with Crippen molar-refractivity contribution in [1.82, 2.24) is 4.98 Å². The van der Waals surface area contributed by atoms with Gasteiger partial charge in [0.15, 0.2) is 0 Å². The first-order valence-electron chi connectivity index (χ1n) is 5.30. The summed E-state index contributed by atoms with van der Waals surface area (Å²) < 4.78 is 31.4. The molecule has 0 aliphatic heterocycles. The minimum Gasteiger partial charge on any atom is -0.506 e. The average molecular weight is 295 g/mol. The summed E-state index contributed by atoms with van der Waals surface area (Å²) in [6.07, 6.45) is 1.40. The van der Waals surface area contributed by atoms with Crippen LogP contribution >= 0.6 is 0 Å². The van der Waals surface area contributed by atoms with Gasteiger partial charge in [-0.3, -0.25) is 9.54 Å². The van der Waals surface area contributed by atoms with E-state index in [-0.39, 0.29) is 11.3 Å². The third-order valence-electron chi connectivity index (χ3n) is 2.55. The first-order chi connectivity index (χ1) is 9.30. The molecule has 0 spiro atoms. The molecule has 0 saturated heterocycles. The topological polar surface area (TPSA) is 125 Å². The predicted molar refractivity (Wildman–Crippen MR) is 68.1 cm³/mol. The Hall–Kier alpha value is -2.45. The smallest absolute Gasteiger partial charge is 0.339 e. The van der Waals surface area contributed by atoms with Crippen LogP contribution in [0.4, 0.5) is 0 Å². The Morgan fingerprint density at radius 3 is 2.40 bits per heavy atom. The van der Waals surface area contributed by atoms with Crippen molar-refractivity contribution >= 4 is 16.1 Å². The lowest BCUT2D eigenvalue weighted by Gasteiger charge is -2.09. The van der Waals surface area contributed by atoms with Gasteiger partial charge in [0.25, 0.3) is 10.1 Å². The number of aromatic nitrogens is 1. The van der Waals surface area contributed by atoms with Crippen LogP contribution in [-0.2, 0) is 10.1 Å². The lowest BCUT2D eigenvalue weighted by atomic mass is 10.1. The lowest BCUT2D eigenvalue weighted by molar-refractivity contribution is 0.0693. The van der Waals surface area contributed by atoms with Crippen LogP contribution in [0.25, 0.3) is 11.3 Å². The molecule has 1 aromatic heterocycles. The van der Waals surface area contributed by atoms with Crippen molar-refractivity contribution in [3.8, 4) is 17.0 Å². The minimum atomic E-state index is -4.61. The zero-order valence-electron chi connectivity index (χ0n) is 9.89. The Bertz CT molecular complexity index is 770. The average Bonchev–Trinajstić information content (AvgIpc) is 2.38. The number of carbonyl (C=O) groups is 1. The summed E-state index contributed by atoms with van der Waals surface area (Å²) in [5, 5.41) is 18.9. The number of nitrogens with zero attached hydrogens (tertiary/aromatic N) is 1. The van der Waals surface area contributed by atoms with Crippen molar-refractivity contribution in [1.29, 1.82) is 0 Å². The zero-order chi connectivity index (χ0) is 14.9. The summed E-state index contributed by atoms with van der Waals surface area (Å²) in [7, 11) is -4.61. The predicted octanol–water partition coefficient (Wildman–Crippen LogP) is 1.40. The summed E-state index contributed by atoms with van der Waals surface area (Å²) in [5.74, 6) is -2.14. The molecule has 20 heavy (non-hydrogen) atoms. The van der Waals surface area contributed by atoms with Crippen LogP contribution in [0.5, 0.6) is 5.75 Å². The summed E-state index contributed by atoms with van der Waals surface area (Å²) in [6, 6.07) is 6.29. The normalized spacial score (nSPS) is 11.2. The van der Waals surface area contributed by atoms with Gasteiger partial charge in [-0.25, -0.2) is 4.79 Å². The number of benzene rings is 1. The fourth-order valence-corrected chi connectivity index (χ4v) is 2.17. The van der Waals surface area contributed by atoms with Gasteiger partial charge >= 0.3 is 5.97 Å². The largest absolute Gasteiger partial charge is 0.506 e. The number of aromatic carboxylic acids is 1. The molecular weight excluding hydrogens is 286 g/mol. The van der Waals surface area contributed by atoms with E-state index in [2.05, 4.69) is 4.98 Å². The van der Waals surface area contributed by atoms with Crippen LogP contribution in [0.2, 0.25) is 0 Å². The maximum atomic E-state index is 11.2. The Morgan fingerprint density at radius 1 is 1.20 bits per heavy atom. The van der Waals surface area contributed by atoms with Crippen molar-refractivity contribution < 1.29 is 28.0 Å². The van der Waals surface area contributed by atoms with Crippen molar-refractivity contribution in [2.75, 3.05) is 0 Å². The highest BCUT2D eigenvalue weighted by atomic mass is 32.2. The Balaban J connectivity index is 2.81. The number of pyridine rings is 1. The van der Waals surface area contributed by atoms with Gasteiger partial charge in [0.1, 0.15) is 11.3 Å². The van der Waals surface area contributed by atoms with Crippen LogP contribution in [0.15, 0.2) is 41.4 Å². The molecule has 1 heterocycles. The molecule has 0 saturated carbocycles. The van der Waals surface area contributed by atoms with E-state index in [0.29, 0.717) is 6.07 Å². The SMILES string of the molecule is O=C(O)c1cc(S(=O)(=O)O)cc(-c2ccccn2)c1O. The molecule has 0 atom stereocenters. The maximum Gasteiger partial charge on any atom is 0.339 e. The Kier molecular flexibility index (Phi) is 3.43. The van der Waals surface area contributed by atoms with Crippen molar-refractivity contribution in [3.05, 3.63) is 42.1 Å². The molecule has 1 aromatic carbocycles. The highest BCUT2D eigenvalue weighted by Gasteiger charge is 2.21. The second-order valence-electron chi connectivity index (χ2n) is 3.86. The molecule has 0 fully saturated rings. The third kappa shape index (κ3) is 2.60. The second kappa shape index (κ2) is 4.91. The van der Waals surface area contributed by atoms with Gasteiger partial charge in [0, 0.05) is 11.8 Å². The zero-order valence-corrected chi connectivity index (χ0v) is 10.7. The van der Waals surface area contributed by atoms with E-state index in [1.165, 1.54) is 12.3 Å². The molecule has 0 amide bonds. The maximum absolute atomic E-state index is 11.2. The van der Waals surface area contributed by atoms with Gasteiger partial charge in [-0.05, 0) is 24.3 Å². The number of phenols is 1. The molecule has 0 bridgehead atoms. The molecule has 8 heteroatoms. The van der Waals surface area contributed by atoms with Crippen LogP contribution in [0, 0.1) is 0 Å². The van der Waals surface area contributed by atoms with E-state index in [1.807, 2.05) is 0 Å². The van der Waals surface area contributed by atoms with E-state index in [1.54, 1.807) is 12.1 Å². The number of rotatable bonds is 3.